The minimum Gasteiger partial charge on any atom is -0.369 e. The maximum absolute atomic E-state index is 12.9. The van der Waals surface area contributed by atoms with Crippen molar-refractivity contribution in [2.45, 2.75) is 25.8 Å². The van der Waals surface area contributed by atoms with Crippen LogP contribution in [0.4, 0.5) is 0 Å². The number of hydrogen-bond acceptors (Lipinski definition) is 3. The molecular formula is C17H19N3O2. The van der Waals surface area contributed by atoms with Crippen molar-refractivity contribution in [3.05, 3.63) is 42.2 Å². The molecule has 2 aromatic rings. The third kappa shape index (κ3) is 2.54. The quantitative estimate of drug-likeness (QED) is 0.920. The van der Waals surface area contributed by atoms with Crippen molar-refractivity contribution >= 4 is 22.6 Å². The van der Waals surface area contributed by atoms with Crippen LogP contribution in [0.1, 0.15) is 30.3 Å². The second-order valence-corrected chi connectivity index (χ2v) is 5.86. The first-order valence-corrected chi connectivity index (χ1v) is 7.52. The van der Waals surface area contributed by atoms with Crippen LogP contribution in [-0.4, -0.2) is 34.3 Å². The monoisotopic (exact) mass is 297 g/mol. The standard InChI is InChI=1S/C17H19N3O2/c1-11-6-7-13(16(18)21)10-20(11)17(22)15-14-5-3-2-4-12(14)8-9-19-15/h2-5,8-9,11,13H,6-7,10H2,1H3,(H2,18,21). The van der Waals surface area contributed by atoms with Gasteiger partial charge in [0, 0.05) is 24.2 Å². The number of amides is 2. The van der Waals surface area contributed by atoms with E-state index in [0.717, 1.165) is 23.6 Å². The zero-order chi connectivity index (χ0) is 15.7. The molecule has 5 nitrogen and oxygen atoms in total. The number of aromatic nitrogens is 1. The van der Waals surface area contributed by atoms with E-state index in [0.29, 0.717) is 12.2 Å². The summed E-state index contributed by atoms with van der Waals surface area (Å²) in [5, 5.41) is 1.82. The lowest BCUT2D eigenvalue weighted by Gasteiger charge is -2.36. The Kier molecular flexibility index (Phi) is 3.79. The van der Waals surface area contributed by atoms with E-state index in [2.05, 4.69) is 4.98 Å². The van der Waals surface area contributed by atoms with Crippen LogP contribution in [0.5, 0.6) is 0 Å². The molecule has 114 valence electrons. The van der Waals surface area contributed by atoms with Crippen molar-refractivity contribution in [3.63, 3.8) is 0 Å². The molecule has 2 unspecified atom stereocenters. The first kappa shape index (κ1) is 14.5. The van der Waals surface area contributed by atoms with Crippen LogP contribution in [0.15, 0.2) is 36.5 Å². The largest absolute Gasteiger partial charge is 0.369 e. The van der Waals surface area contributed by atoms with E-state index >= 15 is 0 Å². The molecule has 1 fully saturated rings. The van der Waals surface area contributed by atoms with E-state index in [1.165, 1.54) is 0 Å². The van der Waals surface area contributed by atoms with Gasteiger partial charge < -0.3 is 10.6 Å². The van der Waals surface area contributed by atoms with Crippen LogP contribution in [-0.2, 0) is 4.79 Å². The number of piperidine rings is 1. The second kappa shape index (κ2) is 5.75. The van der Waals surface area contributed by atoms with Crippen molar-refractivity contribution in [3.8, 4) is 0 Å². The van der Waals surface area contributed by atoms with E-state index in [1.54, 1.807) is 11.1 Å². The molecule has 2 amide bonds. The second-order valence-electron chi connectivity index (χ2n) is 5.86. The Labute approximate surface area is 129 Å². The number of carbonyl (C=O) groups is 2. The van der Waals surface area contributed by atoms with Gasteiger partial charge in [-0.15, -0.1) is 0 Å². The lowest BCUT2D eigenvalue weighted by Crippen LogP contribution is -2.48. The number of pyridine rings is 1. The molecule has 5 heteroatoms. The van der Waals surface area contributed by atoms with Gasteiger partial charge in [-0.2, -0.15) is 0 Å². The molecule has 0 saturated carbocycles. The Balaban J connectivity index is 1.96. The summed E-state index contributed by atoms with van der Waals surface area (Å²) in [5.41, 5.74) is 5.85. The van der Waals surface area contributed by atoms with E-state index in [1.807, 2.05) is 37.3 Å². The SMILES string of the molecule is CC1CCC(C(N)=O)CN1C(=O)c1nccc2ccccc12. The highest BCUT2D eigenvalue weighted by atomic mass is 16.2. The van der Waals surface area contributed by atoms with E-state index in [-0.39, 0.29) is 23.8 Å². The molecule has 0 spiro atoms. The molecule has 0 bridgehead atoms. The number of primary amides is 1. The molecule has 1 aliphatic heterocycles. The van der Waals surface area contributed by atoms with Gasteiger partial charge in [0.15, 0.2) is 0 Å². The number of benzene rings is 1. The fourth-order valence-corrected chi connectivity index (χ4v) is 3.05. The maximum Gasteiger partial charge on any atom is 0.273 e. The minimum atomic E-state index is -0.337. The number of carbonyl (C=O) groups excluding carboxylic acids is 2. The lowest BCUT2D eigenvalue weighted by molar-refractivity contribution is -0.123. The fourth-order valence-electron chi connectivity index (χ4n) is 3.05. The Morgan fingerprint density at radius 1 is 1.23 bits per heavy atom. The molecule has 22 heavy (non-hydrogen) atoms. The maximum atomic E-state index is 12.9. The highest BCUT2D eigenvalue weighted by molar-refractivity contribution is 6.05. The summed E-state index contributed by atoms with van der Waals surface area (Å²) in [6, 6.07) is 9.66. The van der Waals surface area contributed by atoms with Crippen LogP contribution >= 0.6 is 0 Å². The van der Waals surface area contributed by atoms with Gasteiger partial charge in [-0.05, 0) is 31.2 Å². The number of likely N-dealkylation sites (tertiary alicyclic amines) is 1. The Morgan fingerprint density at radius 2 is 2.00 bits per heavy atom. The van der Waals surface area contributed by atoms with Crippen LogP contribution in [0, 0.1) is 5.92 Å². The summed E-state index contributed by atoms with van der Waals surface area (Å²) in [6.07, 6.45) is 3.17. The third-order valence-electron chi connectivity index (χ3n) is 4.42. The topological polar surface area (TPSA) is 76.3 Å². The lowest BCUT2D eigenvalue weighted by atomic mass is 9.92. The van der Waals surface area contributed by atoms with Gasteiger partial charge in [0.05, 0.1) is 5.92 Å². The number of nitrogens with two attached hydrogens (primary N) is 1. The highest BCUT2D eigenvalue weighted by Crippen LogP contribution is 2.25. The molecule has 1 saturated heterocycles. The molecule has 3 rings (SSSR count). The number of rotatable bonds is 2. The Bertz CT molecular complexity index is 723. The van der Waals surface area contributed by atoms with E-state index < -0.39 is 0 Å². The first-order valence-electron chi connectivity index (χ1n) is 7.52. The molecule has 1 aromatic carbocycles. The molecular weight excluding hydrogens is 278 g/mol. The van der Waals surface area contributed by atoms with E-state index in [4.69, 9.17) is 5.73 Å². The zero-order valence-electron chi connectivity index (χ0n) is 12.5. The molecule has 1 aliphatic rings. The molecule has 2 atom stereocenters. The van der Waals surface area contributed by atoms with Crippen LogP contribution < -0.4 is 5.73 Å². The van der Waals surface area contributed by atoms with Crippen molar-refractivity contribution in [1.82, 2.24) is 9.88 Å². The summed E-state index contributed by atoms with van der Waals surface area (Å²) in [5.74, 6) is -0.735. The summed E-state index contributed by atoms with van der Waals surface area (Å²) in [6.45, 7) is 2.38. The zero-order valence-corrected chi connectivity index (χ0v) is 12.5. The average Bonchev–Trinajstić information content (AvgIpc) is 2.54. The van der Waals surface area contributed by atoms with Gasteiger partial charge in [-0.25, -0.2) is 0 Å². The van der Waals surface area contributed by atoms with Crippen molar-refractivity contribution < 1.29 is 9.59 Å². The smallest absolute Gasteiger partial charge is 0.273 e. The Morgan fingerprint density at radius 3 is 2.77 bits per heavy atom. The van der Waals surface area contributed by atoms with Crippen molar-refractivity contribution in [2.24, 2.45) is 11.7 Å². The number of nitrogens with zero attached hydrogens (tertiary/aromatic N) is 2. The summed E-state index contributed by atoms with van der Waals surface area (Å²) in [4.78, 5) is 30.4. The van der Waals surface area contributed by atoms with E-state index in [9.17, 15) is 9.59 Å². The molecule has 2 N–H and O–H groups in total. The predicted octanol–water partition coefficient (Wildman–Crippen LogP) is 1.96. The summed E-state index contributed by atoms with van der Waals surface area (Å²) in [7, 11) is 0. The fraction of sp³-hybridized carbons (Fsp3) is 0.353. The van der Waals surface area contributed by atoms with Gasteiger partial charge in [-0.1, -0.05) is 24.3 Å². The molecule has 1 aromatic heterocycles. The van der Waals surface area contributed by atoms with Crippen molar-refractivity contribution in [2.75, 3.05) is 6.54 Å². The van der Waals surface area contributed by atoms with Gasteiger partial charge in [0.1, 0.15) is 5.69 Å². The summed E-state index contributed by atoms with van der Waals surface area (Å²) >= 11 is 0. The predicted molar refractivity (Wildman–Crippen MR) is 84.2 cm³/mol. The average molecular weight is 297 g/mol. The van der Waals surface area contributed by atoms with Gasteiger partial charge in [0.25, 0.3) is 5.91 Å². The number of fused-ring (bicyclic) bond motifs is 1. The normalized spacial score (nSPS) is 21.8. The molecule has 0 radical (unpaired) electrons. The molecule has 0 aliphatic carbocycles. The van der Waals surface area contributed by atoms with Gasteiger partial charge in [0.2, 0.25) is 5.91 Å². The summed E-state index contributed by atoms with van der Waals surface area (Å²) < 4.78 is 0. The minimum absolute atomic E-state index is 0.0869. The van der Waals surface area contributed by atoms with Crippen molar-refractivity contribution in [1.29, 1.82) is 0 Å². The molecule has 2 heterocycles. The van der Waals surface area contributed by atoms with Crippen LogP contribution in [0.3, 0.4) is 0 Å². The Hall–Kier alpha value is -2.43. The van der Waals surface area contributed by atoms with Gasteiger partial charge in [-0.3, -0.25) is 14.6 Å². The highest BCUT2D eigenvalue weighted by Gasteiger charge is 2.33. The third-order valence-corrected chi connectivity index (χ3v) is 4.42. The first-order chi connectivity index (χ1) is 10.6. The van der Waals surface area contributed by atoms with Gasteiger partial charge >= 0.3 is 0 Å². The van der Waals surface area contributed by atoms with Crippen LogP contribution in [0.2, 0.25) is 0 Å². The van der Waals surface area contributed by atoms with Crippen LogP contribution in [0.25, 0.3) is 10.8 Å². The number of hydrogen-bond donors (Lipinski definition) is 1.